The molecule has 0 radical (unpaired) electrons. The van der Waals surface area contributed by atoms with Gasteiger partial charge in [0.2, 0.25) is 0 Å². The molecule has 0 aliphatic rings. The van der Waals surface area contributed by atoms with E-state index in [1.807, 2.05) is 24.3 Å². The molecule has 0 aliphatic heterocycles. The van der Waals surface area contributed by atoms with Crippen molar-refractivity contribution in [2.75, 3.05) is 7.11 Å². The van der Waals surface area contributed by atoms with Crippen molar-refractivity contribution in [3.8, 4) is 0 Å². The fourth-order valence-electron chi connectivity index (χ4n) is 1.64. The van der Waals surface area contributed by atoms with Crippen molar-refractivity contribution in [1.82, 2.24) is 4.98 Å². The number of fused-ring (bicyclic) bond motifs is 1. The number of carbonyl (C=O) groups excluding carboxylic acids is 1. The molecule has 0 aliphatic carbocycles. The fraction of sp³-hybridized carbons (Fsp3) is 0.167. The molecule has 2 rings (SSSR count). The molecule has 0 unspecified atom stereocenters. The average Bonchev–Trinajstić information content (AvgIpc) is 2.34. The summed E-state index contributed by atoms with van der Waals surface area (Å²) in [6, 6.07) is 7.40. The number of hydrogen-bond donors (Lipinski definition) is 0. The first-order valence-corrected chi connectivity index (χ1v) is 5.68. The van der Waals surface area contributed by atoms with Gasteiger partial charge in [-0.15, -0.1) is 0 Å². The zero-order chi connectivity index (χ0) is 12.4. The molecular formula is C12H9Cl2NO2. The van der Waals surface area contributed by atoms with E-state index in [0.717, 1.165) is 10.8 Å². The van der Waals surface area contributed by atoms with Crippen LogP contribution in [0.15, 0.2) is 24.3 Å². The zero-order valence-electron chi connectivity index (χ0n) is 9.04. The van der Waals surface area contributed by atoms with Crippen LogP contribution in [0.5, 0.6) is 0 Å². The van der Waals surface area contributed by atoms with Crippen LogP contribution in [0.1, 0.15) is 5.56 Å². The Bertz CT molecular complexity index is 584. The standard InChI is InChI=1S/C12H9Cl2NO2/c1-17-10(16)6-9-7-4-2-3-5-8(7)11(13)15-12(9)14/h2-5H,6H2,1H3. The van der Waals surface area contributed by atoms with Gasteiger partial charge in [0.15, 0.2) is 0 Å². The number of aromatic nitrogens is 1. The highest BCUT2D eigenvalue weighted by Gasteiger charge is 2.14. The SMILES string of the molecule is COC(=O)Cc1c(Cl)nc(Cl)c2ccccc12. The van der Waals surface area contributed by atoms with Crippen LogP contribution >= 0.6 is 23.2 Å². The third-order valence-corrected chi connectivity index (χ3v) is 3.07. The summed E-state index contributed by atoms with van der Waals surface area (Å²) in [5, 5.41) is 2.17. The van der Waals surface area contributed by atoms with Crippen LogP contribution in [0, 0.1) is 0 Å². The van der Waals surface area contributed by atoms with Crippen LogP contribution < -0.4 is 0 Å². The molecule has 5 heteroatoms. The third kappa shape index (κ3) is 2.35. The quantitative estimate of drug-likeness (QED) is 0.621. The summed E-state index contributed by atoms with van der Waals surface area (Å²) in [7, 11) is 1.34. The summed E-state index contributed by atoms with van der Waals surface area (Å²) in [6.07, 6.45) is 0.0833. The Morgan fingerprint density at radius 1 is 1.24 bits per heavy atom. The second kappa shape index (κ2) is 4.90. The lowest BCUT2D eigenvalue weighted by molar-refractivity contribution is -0.139. The summed E-state index contributed by atoms with van der Waals surface area (Å²) in [5.74, 6) is -0.360. The Hall–Kier alpha value is -1.32. The molecule has 3 nitrogen and oxygen atoms in total. The Morgan fingerprint density at radius 3 is 2.53 bits per heavy atom. The van der Waals surface area contributed by atoms with E-state index < -0.39 is 0 Å². The van der Waals surface area contributed by atoms with Gasteiger partial charge in [-0.2, -0.15) is 0 Å². The molecule has 0 atom stereocenters. The van der Waals surface area contributed by atoms with Crippen molar-refractivity contribution in [2.45, 2.75) is 6.42 Å². The Kier molecular flexibility index (Phi) is 3.50. The van der Waals surface area contributed by atoms with Crippen LogP contribution in [-0.4, -0.2) is 18.1 Å². The second-order valence-corrected chi connectivity index (χ2v) is 4.19. The van der Waals surface area contributed by atoms with E-state index in [-0.39, 0.29) is 17.5 Å². The van der Waals surface area contributed by atoms with Crippen LogP contribution in [-0.2, 0) is 16.0 Å². The normalized spacial score (nSPS) is 10.5. The van der Waals surface area contributed by atoms with E-state index in [4.69, 9.17) is 23.2 Å². The average molecular weight is 270 g/mol. The highest BCUT2D eigenvalue weighted by Crippen LogP contribution is 2.29. The minimum atomic E-state index is -0.360. The monoisotopic (exact) mass is 269 g/mol. The maximum atomic E-state index is 11.3. The minimum Gasteiger partial charge on any atom is -0.469 e. The van der Waals surface area contributed by atoms with Gasteiger partial charge in [0.25, 0.3) is 0 Å². The van der Waals surface area contributed by atoms with Crippen LogP contribution in [0.3, 0.4) is 0 Å². The van der Waals surface area contributed by atoms with Gasteiger partial charge < -0.3 is 4.74 Å². The van der Waals surface area contributed by atoms with E-state index in [1.165, 1.54) is 7.11 Å². The van der Waals surface area contributed by atoms with Gasteiger partial charge in [-0.25, -0.2) is 4.98 Å². The summed E-state index contributed by atoms with van der Waals surface area (Å²) >= 11 is 12.0. The summed E-state index contributed by atoms with van der Waals surface area (Å²) in [4.78, 5) is 15.3. The molecule has 2 aromatic rings. The smallest absolute Gasteiger partial charge is 0.310 e. The molecular weight excluding hydrogens is 261 g/mol. The largest absolute Gasteiger partial charge is 0.469 e. The number of esters is 1. The van der Waals surface area contributed by atoms with Crippen molar-refractivity contribution in [3.63, 3.8) is 0 Å². The number of methoxy groups -OCH3 is 1. The predicted octanol–water partition coefficient (Wildman–Crippen LogP) is 3.26. The molecule has 0 saturated carbocycles. The molecule has 0 saturated heterocycles. The number of pyridine rings is 1. The molecule has 17 heavy (non-hydrogen) atoms. The van der Waals surface area contributed by atoms with E-state index in [9.17, 15) is 4.79 Å². The van der Waals surface area contributed by atoms with Gasteiger partial charge in [0.1, 0.15) is 10.3 Å². The third-order valence-electron chi connectivity index (χ3n) is 2.47. The van der Waals surface area contributed by atoms with Gasteiger partial charge in [-0.1, -0.05) is 47.5 Å². The minimum absolute atomic E-state index is 0.0833. The van der Waals surface area contributed by atoms with Gasteiger partial charge in [-0.05, 0) is 5.39 Å². The highest BCUT2D eigenvalue weighted by atomic mass is 35.5. The van der Waals surface area contributed by atoms with Crippen molar-refractivity contribution in [1.29, 1.82) is 0 Å². The van der Waals surface area contributed by atoms with Crippen molar-refractivity contribution < 1.29 is 9.53 Å². The summed E-state index contributed by atoms with van der Waals surface area (Å²) in [6.45, 7) is 0. The first-order chi connectivity index (χ1) is 8.13. The number of benzene rings is 1. The zero-order valence-corrected chi connectivity index (χ0v) is 10.5. The second-order valence-electron chi connectivity index (χ2n) is 3.47. The highest BCUT2D eigenvalue weighted by molar-refractivity contribution is 6.37. The van der Waals surface area contributed by atoms with Gasteiger partial charge in [0.05, 0.1) is 13.5 Å². The molecule has 0 fully saturated rings. The predicted molar refractivity (Wildman–Crippen MR) is 67.5 cm³/mol. The summed E-state index contributed by atoms with van der Waals surface area (Å²) < 4.78 is 4.63. The van der Waals surface area contributed by atoms with E-state index >= 15 is 0 Å². The van der Waals surface area contributed by atoms with Crippen LogP contribution in [0.25, 0.3) is 10.8 Å². The maximum Gasteiger partial charge on any atom is 0.310 e. The number of ether oxygens (including phenoxy) is 1. The van der Waals surface area contributed by atoms with Gasteiger partial charge in [-0.3, -0.25) is 4.79 Å². The van der Waals surface area contributed by atoms with Crippen molar-refractivity contribution in [2.24, 2.45) is 0 Å². The fourth-order valence-corrected chi connectivity index (χ4v) is 2.18. The molecule has 0 spiro atoms. The lowest BCUT2D eigenvalue weighted by Gasteiger charge is -2.08. The maximum absolute atomic E-state index is 11.3. The molecule has 0 amide bonds. The number of nitrogens with zero attached hydrogens (tertiary/aromatic N) is 1. The topological polar surface area (TPSA) is 39.2 Å². The van der Waals surface area contributed by atoms with Crippen LogP contribution in [0.4, 0.5) is 0 Å². The number of hydrogen-bond acceptors (Lipinski definition) is 3. The molecule has 1 aromatic heterocycles. The van der Waals surface area contributed by atoms with E-state index in [0.29, 0.717) is 10.7 Å². The first-order valence-electron chi connectivity index (χ1n) is 4.93. The first kappa shape index (κ1) is 12.1. The van der Waals surface area contributed by atoms with Crippen LogP contribution in [0.2, 0.25) is 10.3 Å². The molecule has 88 valence electrons. The number of rotatable bonds is 2. The Labute approximate surface area is 108 Å². The lowest BCUT2D eigenvalue weighted by Crippen LogP contribution is -2.06. The molecule has 0 N–H and O–H groups in total. The molecule has 0 bridgehead atoms. The summed E-state index contributed by atoms with van der Waals surface area (Å²) in [5.41, 5.74) is 0.638. The lowest BCUT2D eigenvalue weighted by atomic mass is 10.1. The molecule has 1 aromatic carbocycles. The molecule has 1 heterocycles. The number of halogens is 2. The van der Waals surface area contributed by atoms with Gasteiger partial charge in [0, 0.05) is 10.9 Å². The number of carbonyl (C=O) groups is 1. The van der Waals surface area contributed by atoms with E-state index in [1.54, 1.807) is 0 Å². The Balaban J connectivity index is 2.65. The Morgan fingerprint density at radius 2 is 1.88 bits per heavy atom. The van der Waals surface area contributed by atoms with Crippen molar-refractivity contribution >= 4 is 39.9 Å². The van der Waals surface area contributed by atoms with Gasteiger partial charge >= 0.3 is 5.97 Å². The van der Waals surface area contributed by atoms with E-state index in [2.05, 4.69) is 9.72 Å². The van der Waals surface area contributed by atoms with Crippen molar-refractivity contribution in [3.05, 3.63) is 40.1 Å².